The highest BCUT2D eigenvalue weighted by Crippen LogP contribution is 2.25. The van der Waals surface area contributed by atoms with E-state index in [9.17, 15) is 4.79 Å². The fourth-order valence-electron chi connectivity index (χ4n) is 1.48. The molecule has 1 amide bonds. The molecule has 0 radical (unpaired) electrons. The average Bonchev–Trinajstić information content (AvgIpc) is 2.81. The second-order valence-electron chi connectivity index (χ2n) is 3.42. The van der Waals surface area contributed by atoms with E-state index < -0.39 is 0 Å². The van der Waals surface area contributed by atoms with Crippen molar-refractivity contribution in [2.45, 2.75) is 0 Å². The van der Waals surface area contributed by atoms with Crippen molar-refractivity contribution in [1.82, 2.24) is 4.98 Å². The Bertz CT molecular complexity index is 493. The largest absolute Gasteiger partial charge is 0.367 e. The van der Waals surface area contributed by atoms with Crippen LogP contribution in [-0.4, -0.2) is 17.9 Å². The van der Waals surface area contributed by atoms with Crippen molar-refractivity contribution in [3.63, 3.8) is 0 Å². The number of nitrogens with zero attached hydrogens (tertiary/aromatic N) is 1. The van der Waals surface area contributed by atoms with Crippen LogP contribution < -0.4 is 4.90 Å². The molecule has 1 N–H and O–H groups in total. The molecule has 2 aromatic rings. The quantitative estimate of drug-likeness (QED) is 0.852. The smallest absolute Gasteiger partial charge is 0.259 e. The van der Waals surface area contributed by atoms with Gasteiger partial charge < -0.3 is 9.88 Å². The lowest BCUT2D eigenvalue weighted by Crippen LogP contribution is -2.26. The molecule has 0 fully saturated rings. The topological polar surface area (TPSA) is 36.1 Å². The number of carbonyl (C=O) groups is 1. The van der Waals surface area contributed by atoms with E-state index in [0.29, 0.717) is 16.3 Å². The second-order valence-corrected chi connectivity index (χ2v) is 3.82. The molecule has 0 atom stereocenters. The van der Waals surface area contributed by atoms with Crippen molar-refractivity contribution in [1.29, 1.82) is 0 Å². The molecule has 1 aromatic heterocycles. The Hall–Kier alpha value is -1.74. The van der Waals surface area contributed by atoms with Gasteiger partial charge in [-0.2, -0.15) is 0 Å². The number of para-hydroxylation sites is 1. The Labute approximate surface area is 98.7 Å². The Morgan fingerprint density at radius 2 is 2.06 bits per heavy atom. The third kappa shape index (κ3) is 1.95. The molecule has 1 heterocycles. The van der Waals surface area contributed by atoms with E-state index in [1.165, 1.54) is 4.90 Å². The van der Waals surface area contributed by atoms with Gasteiger partial charge in [0.2, 0.25) is 0 Å². The first-order valence-electron chi connectivity index (χ1n) is 4.85. The minimum atomic E-state index is -0.0886. The fourth-order valence-corrected chi connectivity index (χ4v) is 1.75. The summed E-state index contributed by atoms with van der Waals surface area (Å²) >= 11 is 6.02. The highest BCUT2D eigenvalue weighted by molar-refractivity contribution is 6.34. The minimum Gasteiger partial charge on any atom is -0.367 e. The summed E-state index contributed by atoms with van der Waals surface area (Å²) in [6.45, 7) is 0. The first-order valence-corrected chi connectivity index (χ1v) is 5.23. The molecule has 1 aromatic carbocycles. The number of hydrogen-bond donors (Lipinski definition) is 1. The summed E-state index contributed by atoms with van der Waals surface area (Å²) < 4.78 is 0. The maximum absolute atomic E-state index is 12.0. The molecule has 3 nitrogen and oxygen atoms in total. The summed E-state index contributed by atoms with van der Waals surface area (Å²) in [6.07, 6.45) is 3.38. The van der Waals surface area contributed by atoms with E-state index in [1.54, 1.807) is 31.6 Å². The lowest BCUT2D eigenvalue weighted by Gasteiger charge is -2.17. The number of amides is 1. The molecular weight excluding hydrogens is 224 g/mol. The average molecular weight is 235 g/mol. The summed E-state index contributed by atoms with van der Waals surface area (Å²) in [4.78, 5) is 16.4. The van der Waals surface area contributed by atoms with E-state index in [1.807, 2.05) is 18.2 Å². The van der Waals surface area contributed by atoms with Crippen LogP contribution in [0.3, 0.4) is 0 Å². The van der Waals surface area contributed by atoms with E-state index in [4.69, 9.17) is 11.6 Å². The molecule has 2 rings (SSSR count). The molecule has 82 valence electrons. The van der Waals surface area contributed by atoms with Crippen LogP contribution in [-0.2, 0) is 0 Å². The number of hydrogen-bond acceptors (Lipinski definition) is 1. The highest BCUT2D eigenvalue weighted by Gasteiger charge is 2.15. The zero-order valence-electron chi connectivity index (χ0n) is 8.77. The number of carbonyl (C=O) groups excluding carboxylic acids is 1. The Morgan fingerprint density at radius 3 is 2.69 bits per heavy atom. The number of aromatic amines is 1. The first kappa shape index (κ1) is 10.8. The van der Waals surface area contributed by atoms with Crippen LogP contribution >= 0.6 is 11.6 Å². The predicted molar refractivity (Wildman–Crippen MR) is 65.0 cm³/mol. The first-order chi connectivity index (χ1) is 7.70. The molecule has 0 unspecified atom stereocenters. The molecule has 0 bridgehead atoms. The van der Waals surface area contributed by atoms with Crippen LogP contribution in [0.15, 0.2) is 42.7 Å². The Balaban J connectivity index is 2.30. The van der Waals surface area contributed by atoms with Gasteiger partial charge in [0.05, 0.1) is 16.3 Å². The van der Waals surface area contributed by atoms with Crippen molar-refractivity contribution < 1.29 is 4.79 Å². The molecule has 16 heavy (non-hydrogen) atoms. The molecular formula is C12H11ClN2O. The molecule has 0 aliphatic rings. The van der Waals surface area contributed by atoms with Crippen LogP contribution in [0.2, 0.25) is 5.02 Å². The van der Waals surface area contributed by atoms with E-state index in [2.05, 4.69) is 4.98 Å². The standard InChI is InChI=1S/C12H11ClN2O/c1-15(11-5-3-2-4-10(11)13)12(16)9-6-7-14-8-9/h2-8,14H,1H3. The maximum Gasteiger partial charge on any atom is 0.259 e. The van der Waals surface area contributed by atoms with E-state index in [0.717, 1.165) is 0 Å². The summed E-state index contributed by atoms with van der Waals surface area (Å²) in [5.74, 6) is -0.0886. The monoisotopic (exact) mass is 234 g/mol. The van der Waals surface area contributed by atoms with Crippen LogP contribution in [0.4, 0.5) is 5.69 Å². The number of H-pyrrole nitrogens is 1. The van der Waals surface area contributed by atoms with Crippen LogP contribution in [0.25, 0.3) is 0 Å². The third-order valence-corrected chi connectivity index (χ3v) is 2.68. The molecule has 4 heteroatoms. The number of aromatic nitrogens is 1. The van der Waals surface area contributed by atoms with Gasteiger partial charge in [-0.05, 0) is 18.2 Å². The van der Waals surface area contributed by atoms with Gasteiger partial charge in [-0.3, -0.25) is 4.79 Å². The lowest BCUT2D eigenvalue weighted by molar-refractivity contribution is 0.0993. The van der Waals surface area contributed by atoms with Crippen molar-refractivity contribution in [3.8, 4) is 0 Å². The predicted octanol–water partition coefficient (Wildman–Crippen LogP) is 2.94. The number of nitrogens with one attached hydrogen (secondary N) is 1. The van der Waals surface area contributed by atoms with Crippen molar-refractivity contribution in [2.75, 3.05) is 11.9 Å². The van der Waals surface area contributed by atoms with Gasteiger partial charge in [0.25, 0.3) is 5.91 Å². The van der Waals surface area contributed by atoms with E-state index in [-0.39, 0.29) is 5.91 Å². The van der Waals surface area contributed by atoms with Gasteiger partial charge in [0.15, 0.2) is 0 Å². The normalized spacial score (nSPS) is 10.1. The number of benzene rings is 1. The van der Waals surface area contributed by atoms with Crippen molar-refractivity contribution >= 4 is 23.2 Å². The van der Waals surface area contributed by atoms with Crippen molar-refractivity contribution in [2.24, 2.45) is 0 Å². The van der Waals surface area contributed by atoms with Gasteiger partial charge in [-0.25, -0.2) is 0 Å². The molecule has 0 spiro atoms. The minimum absolute atomic E-state index is 0.0886. The maximum atomic E-state index is 12.0. The summed E-state index contributed by atoms with van der Waals surface area (Å²) in [5, 5.41) is 0.564. The lowest BCUT2D eigenvalue weighted by atomic mass is 10.2. The highest BCUT2D eigenvalue weighted by atomic mass is 35.5. The van der Waals surface area contributed by atoms with Gasteiger partial charge in [0, 0.05) is 19.4 Å². The zero-order chi connectivity index (χ0) is 11.5. The fraction of sp³-hybridized carbons (Fsp3) is 0.0833. The second kappa shape index (κ2) is 4.41. The molecule has 0 saturated heterocycles. The molecule has 0 saturated carbocycles. The van der Waals surface area contributed by atoms with Crippen LogP contribution in [0.1, 0.15) is 10.4 Å². The number of halogens is 1. The SMILES string of the molecule is CN(C(=O)c1cc[nH]c1)c1ccccc1Cl. The Kier molecular flexibility index (Phi) is 2.97. The van der Waals surface area contributed by atoms with Gasteiger partial charge >= 0.3 is 0 Å². The Morgan fingerprint density at radius 1 is 1.31 bits per heavy atom. The molecule has 0 aliphatic carbocycles. The number of rotatable bonds is 2. The summed E-state index contributed by atoms with van der Waals surface area (Å²) in [7, 11) is 1.70. The zero-order valence-corrected chi connectivity index (χ0v) is 9.53. The molecule has 0 aliphatic heterocycles. The van der Waals surface area contributed by atoms with Crippen molar-refractivity contribution in [3.05, 3.63) is 53.3 Å². The van der Waals surface area contributed by atoms with E-state index >= 15 is 0 Å². The van der Waals surface area contributed by atoms with Gasteiger partial charge in [-0.1, -0.05) is 23.7 Å². The summed E-state index contributed by atoms with van der Waals surface area (Å²) in [5.41, 5.74) is 1.32. The number of anilines is 1. The summed E-state index contributed by atoms with van der Waals surface area (Å²) in [6, 6.07) is 8.99. The van der Waals surface area contributed by atoms with Crippen LogP contribution in [0.5, 0.6) is 0 Å². The third-order valence-electron chi connectivity index (χ3n) is 2.36. The van der Waals surface area contributed by atoms with Gasteiger partial charge in [0.1, 0.15) is 0 Å². The van der Waals surface area contributed by atoms with Crippen LogP contribution in [0, 0.1) is 0 Å². The van der Waals surface area contributed by atoms with Gasteiger partial charge in [-0.15, -0.1) is 0 Å².